The molecule has 0 aromatic carbocycles. The predicted octanol–water partition coefficient (Wildman–Crippen LogP) is 1.66. The van der Waals surface area contributed by atoms with E-state index in [9.17, 15) is 5.11 Å². The van der Waals surface area contributed by atoms with Gasteiger partial charge in [0.1, 0.15) is 0 Å². The fourth-order valence-corrected chi connectivity index (χ4v) is 1.95. The summed E-state index contributed by atoms with van der Waals surface area (Å²) in [6.45, 7) is 8.48. The molecule has 0 radical (unpaired) electrons. The van der Waals surface area contributed by atoms with Crippen LogP contribution < -0.4 is 5.32 Å². The molecule has 4 heteroatoms. The van der Waals surface area contributed by atoms with Crippen LogP contribution in [0.15, 0.2) is 18.7 Å². The van der Waals surface area contributed by atoms with Gasteiger partial charge in [0, 0.05) is 43.5 Å². The number of hydrogen-bond donors (Lipinski definition) is 2. The molecule has 2 N–H and O–H groups in total. The van der Waals surface area contributed by atoms with Gasteiger partial charge in [0.05, 0.1) is 6.33 Å². The Kier molecular flexibility index (Phi) is 5.65. The molecular formula is C13H25N3O. The van der Waals surface area contributed by atoms with Crippen LogP contribution in [0.1, 0.15) is 33.6 Å². The van der Waals surface area contributed by atoms with Gasteiger partial charge in [-0.15, -0.1) is 0 Å². The van der Waals surface area contributed by atoms with Crippen molar-refractivity contribution in [3.05, 3.63) is 18.7 Å². The van der Waals surface area contributed by atoms with Crippen molar-refractivity contribution in [3.63, 3.8) is 0 Å². The molecule has 1 unspecified atom stereocenters. The molecule has 0 aliphatic carbocycles. The van der Waals surface area contributed by atoms with Gasteiger partial charge in [0.25, 0.3) is 0 Å². The second kappa shape index (κ2) is 6.77. The SMILES string of the molecule is CCC(CC)(CO)CNC(C)Cn1ccnc1. The Balaban J connectivity index is 2.38. The molecule has 0 spiro atoms. The molecular weight excluding hydrogens is 214 g/mol. The number of aromatic nitrogens is 2. The summed E-state index contributed by atoms with van der Waals surface area (Å²) in [6, 6.07) is 0.383. The third-order valence-corrected chi connectivity index (χ3v) is 3.70. The minimum Gasteiger partial charge on any atom is -0.396 e. The van der Waals surface area contributed by atoms with Crippen molar-refractivity contribution in [2.75, 3.05) is 13.2 Å². The quantitative estimate of drug-likeness (QED) is 0.725. The van der Waals surface area contributed by atoms with Crippen molar-refractivity contribution in [1.82, 2.24) is 14.9 Å². The van der Waals surface area contributed by atoms with E-state index in [1.165, 1.54) is 0 Å². The Hall–Kier alpha value is -0.870. The first-order valence-electron chi connectivity index (χ1n) is 6.45. The molecule has 1 atom stereocenters. The Morgan fingerprint density at radius 3 is 2.59 bits per heavy atom. The molecule has 0 aliphatic heterocycles. The van der Waals surface area contributed by atoms with E-state index in [1.54, 1.807) is 6.20 Å². The molecule has 1 aromatic heterocycles. The molecule has 1 heterocycles. The normalized spacial score (nSPS) is 13.9. The molecule has 0 aliphatic rings. The van der Waals surface area contributed by atoms with Crippen LogP contribution in [0.2, 0.25) is 0 Å². The van der Waals surface area contributed by atoms with Crippen LogP contribution >= 0.6 is 0 Å². The van der Waals surface area contributed by atoms with Crippen molar-refractivity contribution < 1.29 is 5.11 Å². The Bertz CT molecular complexity index is 285. The average Bonchev–Trinajstić information content (AvgIpc) is 2.84. The van der Waals surface area contributed by atoms with Crippen molar-refractivity contribution in [2.24, 2.45) is 5.41 Å². The van der Waals surface area contributed by atoms with Crippen LogP contribution in [0.3, 0.4) is 0 Å². The summed E-state index contributed by atoms with van der Waals surface area (Å²) in [5, 5.41) is 13.0. The van der Waals surface area contributed by atoms with E-state index in [-0.39, 0.29) is 12.0 Å². The minimum atomic E-state index is 0.0310. The largest absolute Gasteiger partial charge is 0.396 e. The molecule has 4 nitrogen and oxygen atoms in total. The van der Waals surface area contributed by atoms with E-state index < -0.39 is 0 Å². The van der Waals surface area contributed by atoms with Gasteiger partial charge >= 0.3 is 0 Å². The number of hydrogen-bond acceptors (Lipinski definition) is 3. The van der Waals surface area contributed by atoms with Gasteiger partial charge in [-0.3, -0.25) is 0 Å². The minimum absolute atomic E-state index is 0.0310. The van der Waals surface area contributed by atoms with Gasteiger partial charge in [-0.2, -0.15) is 0 Å². The van der Waals surface area contributed by atoms with Crippen LogP contribution in [-0.2, 0) is 6.54 Å². The van der Waals surface area contributed by atoms with Gasteiger partial charge in [0.15, 0.2) is 0 Å². The number of aliphatic hydroxyl groups is 1. The maximum Gasteiger partial charge on any atom is 0.0946 e. The van der Waals surface area contributed by atoms with Crippen LogP contribution in [0.4, 0.5) is 0 Å². The van der Waals surface area contributed by atoms with E-state index in [0.29, 0.717) is 6.04 Å². The number of rotatable bonds is 8. The fraction of sp³-hybridized carbons (Fsp3) is 0.769. The Labute approximate surface area is 104 Å². The molecule has 0 saturated carbocycles. The smallest absolute Gasteiger partial charge is 0.0946 e. The van der Waals surface area contributed by atoms with Gasteiger partial charge in [-0.05, 0) is 19.8 Å². The predicted molar refractivity (Wildman–Crippen MR) is 69.8 cm³/mol. The van der Waals surface area contributed by atoms with Crippen LogP contribution in [-0.4, -0.2) is 33.9 Å². The van der Waals surface area contributed by atoms with Crippen LogP contribution in [0, 0.1) is 5.41 Å². The highest BCUT2D eigenvalue weighted by Gasteiger charge is 2.25. The topological polar surface area (TPSA) is 50.1 Å². The molecule has 1 aromatic rings. The lowest BCUT2D eigenvalue weighted by atomic mass is 9.83. The number of nitrogens with zero attached hydrogens (tertiary/aromatic N) is 2. The summed E-state index contributed by atoms with van der Waals surface area (Å²) in [5.41, 5.74) is 0.0310. The van der Waals surface area contributed by atoms with Gasteiger partial charge in [-0.25, -0.2) is 4.98 Å². The standard InChI is InChI=1S/C13H25N3O/c1-4-13(5-2,10-17)9-15-12(3)8-16-7-6-14-11-16/h6-7,11-12,15,17H,4-5,8-10H2,1-3H3. The zero-order valence-corrected chi connectivity index (χ0v) is 11.2. The molecule has 17 heavy (non-hydrogen) atoms. The fourth-order valence-electron chi connectivity index (χ4n) is 1.95. The molecule has 0 bridgehead atoms. The lowest BCUT2D eigenvalue weighted by Crippen LogP contribution is -2.41. The molecule has 0 amide bonds. The van der Waals surface area contributed by atoms with E-state index in [4.69, 9.17) is 0 Å². The number of nitrogens with one attached hydrogen (secondary N) is 1. The van der Waals surface area contributed by atoms with Crippen molar-refractivity contribution >= 4 is 0 Å². The summed E-state index contributed by atoms with van der Waals surface area (Å²) in [5.74, 6) is 0. The molecule has 0 saturated heterocycles. The zero-order valence-electron chi connectivity index (χ0n) is 11.2. The van der Waals surface area contributed by atoms with Crippen LogP contribution in [0.5, 0.6) is 0 Å². The molecule has 1 rings (SSSR count). The average molecular weight is 239 g/mol. The van der Waals surface area contributed by atoms with Crippen molar-refractivity contribution in [3.8, 4) is 0 Å². The lowest BCUT2D eigenvalue weighted by molar-refractivity contribution is 0.109. The maximum atomic E-state index is 9.49. The summed E-state index contributed by atoms with van der Waals surface area (Å²) in [7, 11) is 0. The summed E-state index contributed by atoms with van der Waals surface area (Å²) >= 11 is 0. The van der Waals surface area contributed by atoms with E-state index in [0.717, 1.165) is 25.9 Å². The monoisotopic (exact) mass is 239 g/mol. The highest BCUT2D eigenvalue weighted by Crippen LogP contribution is 2.24. The lowest BCUT2D eigenvalue weighted by Gasteiger charge is -2.31. The van der Waals surface area contributed by atoms with Gasteiger partial charge < -0.3 is 15.0 Å². The number of imidazole rings is 1. The highest BCUT2D eigenvalue weighted by molar-refractivity contribution is 4.81. The van der Waals surface area contributed by atoms with E-state index in [1.807, 2.05) is 12.5 Å². The summed E-state index contributed by atoms with van der Waals surface area (Å²) in [4.78, 5) is 4.03. The summed E-state index contributed by atoms with van der Waals surface area (Å²) in [6.07, 6.45) is 7.60. The van der Waals surface area contributed by atoms with Crippen molar-refractivity contribution in [1.29, 1.82) is 0 Å². The first kappa shape index (κ1) is 14.2. The second-order valence-electron chi connectivity index (χ2n) is 4.91. The Morgan fingerprint density at radius 2 is 2.12 bits per heavy atom. The van der Waals surface area contributed by atoms with E-state index in [2.05, 4.69) is 35.6 Å². The first-order valence-corrected chi connectivity index (χ1v) is 6.45. The first-order chi connectivity index (χ1) is 8.15. The zero-order chi connectivity index (χ0) is 12.7. The maximum absolute atomic E-state index is 9.49. The summed E-state index contributed by atoms with van der Waals surface area (Å²) < 4.78 is 2.07. The Morgan fingerprint density at radius 1 is 1.41 bits per heavy atom. The molecule has 98 valence electrons. The van der Waals surface area contributed by atoms with Gasteiger partial charge in [0.2, 0.25) is 0 Å². The second-order valence-corrected chi connectivity index (χ2v) is 4.91. The third kappa shape index (κ3) is 4.13. The third-order valence-electron chi connectivity index (χ3n) is 3.70. The van der Waals surface area contributed by atoms with E-state index >= 15 is 0 Å². The number of aliphatic hydroxyl groups excluding tert-OH is 1. The molecule has 0 fully saturated rings. The van der Waals surface area contributed by atoms with Crippen LogP contribution in [0.25, 0.3) is 0 Å². The van der Waals surface area contributed by atoms with Crippen molar-refractivity contribution in [2.45, 2.75) is 46.2 Å². The highest BCUT2D eigenvalue weighted by atomic mass is 16.3. The van der Waals surface area contributed by atoms with Gasteiger partial charge in [-0.1, -0.05) is 13.8 Å².